The average Bonchev–Trinajstić information content (AvgIpc) is 2.22. The van der Waals surface area contributed by atoms with E-state index in [9.17, 15) is 9.59 Å². The summed E-state index contributed by atoms with van der Waals surface area (Å²) in [6, 6.07) is -0.291. The molecule has 1 unspecified atom stereocenters. The van der Waals surface area contributed by atoms with Crippen molar-refractivity contribution in [1.29, 1.82) is 0 Å². The normalized spacial score (nSPS) is 24.3. The van der Waals surface area contributed by atoms with Gasteiger partial charge in [0.15, 0.2) is 0 Å². The third kappa shape index (κ3) is 3.22. The molecule has 1 N–H and O–H groups in total. The van der Waals surface area contributed by atoms with Crippen LogP contribution in [-0.4, -0.2) is 58.5 Å². The number of likely N-dealkylation sites (N-methyl/N-ethyl adjacent to an activating group) is 1. The van der Waals surface area contributed by atoms with Crippen LogP contribution in [-0.2, 0) is 9.59 Å². The Morgan fingerprint density at radius 1 is 1.50 bits per heavy atom. The Labute approximate surface area is 109 Å². The lowest BCUT2D eigenvalue weighted by molar-refractivity contribution is -0.151. The Morgan fingerprint density at radius 3 is 2.61 bits per heavy atom. The maximum atomic E-state index is 12.4. The number of aliphatic carboxylic acids is 1. The predicted octanol–water partition coefficient (Wildman–Crippen LogP) is 1.18. The van der Waals surface area contributed by atoms with Crippen LogP contribution >= 0.6 is 0 Å². The number of hydrogen-bond donors (Lipinski definition) is 1. The van der Waals surface area contributed by atoms with Crippen LogP contribution < -0.4 is 0 Å². The number of carbonyl (C=O) groups is 2. The molecule has 1 aliphatic heterocycles. The minimum Gasteiger partial charge on any atom is -0.481 e. The molecule has 1 saturated heterocycles. The van der Waals surface area contributed by atoms with Crippen LogP contribution in [0.3, 0.4) is 0 Å². The highest BCUT2D eigenvalue weighted by Crippen LogP contribution is 2.26. The molecule has 0 saturated carbocycles. The molecule has 0 bridgehead atoms. The van der Waals surface area contributed by atoms with Gasteiger partial charge < -0.3 is 10.0 Å². The van der Waals surface area contributed by atoms with E-state index in [0.717, 1.165) is 19.5 Å². The summed E-state index contributed by atoms with van der Waals surface area (Å²) in [5.74, 6) is -0.778. The van der Waals surface area contributed by atoms with E-state index in [0.29, 0.717) is 6.42 Å². The van der Waals surface area contributed by atoms with E-state index in [-0.39, 0.29) is 23.9 Å². The van der Waals surface area contributed by atoms with Crippen LogP contribution in [0.1, 0.15) is 40.0 Å². The molecule has 1 amide bonds. The number of carboxylic acids is 1. The van der Waals surface area contributed by atoms with Gasteiger partial charge in [-0.05, 0) is 33.7 Å². The number of hydrogen-bond acceptors (Lipinski definition) is 3. The van der Waals surface area contributed by atoms with Crippen LogP contribution in [0.2, 0.25) is 0 Å². The Bertz CT molecular complexity index is 328. The summed E-state index contributed by atoms with van der Waals surface area (Å²) in [4.78, 5) is 27.0. The van der Waals surface area contributed by atoms with Gasteiger partial charge in [-0.2, -0.15) is 0 Å². The SMILES string of the molecule is CCCN1C(=O)C(CCC(=O)O)N(C)CC1(C)C. The molecule has 104 valence electrons. The van der Waals surface area contributed by atoms with E-state index >= 15 is 0 Å². The van der Waals surface area contributed by atoms with Gasteiger partial charge in [0.1, 0.15) is 0 Å². The molecule has 18 heavy (non-hydrogen) atoms. The van der Waals surface area contributed by atoms with Gasteiger partial charge in [-0.3, -0.25) is 14.5 Å². The number of nitrogens with zero attached hydrogens (tertiary/aromatic N) is 2. The Kier molecular flexibility index (Phi) is 4.73. The summed E-state index contributed by atoms with van der Waals surface area (Å²) in [5, 5.41) is 8.75. The van der Waals surface area contributed by atoms with E-state index in [1.165, 1.54) is 0 Å². The van der Waals surface area contributed by atoms with Gasteiger partial charge in [-0.25, -0.2) is 0 Å². The molecule has 0 radical (unpaired) electrons. The minimum atomic E-state index is -0.844. The highest BCUT2D eigenvalue weighted by Gasteiger charge is 2.42. The summed E-state index contributed by atoms with van der Waals surface area (Å²) >= 11 is 0. The lowest BCUT2D eigenvalue weighted by Gasteiger charge is -2.49. The third-order valence-electron chi connectivity index (χ3n) is 3.53. The number of amides is 1. The van der Waals surface area contributed by atoms with Crippen molar-refractivity contribution in [2.75, 3.05) is 20.1 Å². The third-order valence-corrected chi connectivity index (χ3v) is 3.53. The fraction of sp³-hybridized carbons (Fsp3) is 0.846. The first-order chi connectivity index (χ1) is 8.29. The van der Waals surface area contributed by atoms with Crippen molar-refractivity contribution >= 4 is 11.9 Å². The van der Waals surface area contributed by atoms with Crippen LogP contribution in [0.5, 0.6) is 0 Å². The van der Waals surface area contributed by atoms with Crippen LogP contribution in [0.15, 0.2) is 0 Å². The van der Waals surface area contributed by atoms with Crippen LogP contribution in [0.25, 0.3) is 0 Å². The average molecular weight is 256 g/mol. The largest absolute Gasteiger partial charge is 0.481 e. The summed E-state index contributed by atoms with van der Waals surface area (Å²) in [5.41, 5.74) is -0.179. The Hall–Kier alpha value is -1.10. The van der Waals surface area contributed by atoms with Crippen molar-refractivity contribution < 1.29 is 14.7 Å². The number of carboxylic acid groups (broad SMARTS) is 1. The van der Waals surface area contributed by atoms with Gasteiger partial charge >= 0.3 is 5.97 Å². The molecule has 1 aliphatic rings. The fourth-order valence-corrected chi connectivity index (χ4v) is 2.71. The second-order valence-electron chi connectivity index (χ2n) is 5.67. The zero-order valence-electron chi connectivity index (χ0n) is 11.8. The van der Waals surface area contributed by atoms with Crippen LogP contribution in [0, 0.1) is 0 Å². The van der Waals surface area contributed by atoms with Gasteiger partial charge in [0.2, 0.25) is 5.91 Å². The first-order valence-electron chi connectivity index (χ1n) is 6.53. The van der Waals surface area contributed by atoms with E-state index in [4.69, 9.17) is 5.11 Å². The topological polar surface area (TPSA) is 60.9 Å². The number of rotatable bonds is 5. The van der Waals surface area contributed by atoms with Crippen molar-refractivity contribution in [3.05, 3.63) is 0 Å². The van der Waals surface area contributed by atoms with E-state index in [1.807, 2.05) is 23.8 Å². The molecule has 0 aliphatic carbocycles. The van der Waals surface area contributed by atoms with Crippen molar-refractivity contribution in [3.63, 3.8) is 0 Å². The van der Waals surface area contributed by atoms with Gasteiger partial charge in [0.25, 0.3) is 0 Å². The maximum Gasteiger partial charge on any atom is 0.303 e. The highest BCUT2D eigenvalue weighted by molar-refractivity contribution is 5.84. The quantitative estimate of drug-likeness (QED) is 0.802. The summed E-state index contributed by atoms with van der Waals surface area (Å²) < 4.78 is 0. The van der Waals surface area contributed by atoms with Crippen molar-refractivity contribution in [1.82, 2.24) is 9.80 Å². The lowest BCUT2D eigenvalue weighted by Crippen LogP contribution is -2.65. The van der Waals surface area contributed by atoms with Crippen molar-refractivity contribution in [2.45, 2.75) is 51.6 Å². The van der Waals surface area contributed by atoms with Gasteiger partial charge in [-0.1, -0.05) is 6.92 Å². The second kappa shape index (κ2) is 5.69. The van der Waals surface area contributed by atoms with E-state index < -0.39 is 5.97 Å². The summed E-state index contributed by atoms with van der Waals surface area (Å²) in [6.07, 6.45) is 1.35. The highest BCUT2D eigenvalue weighted by atomic mass is 16.4. The molecule has 1 fully saturated rings. The van der Waals surface area contributed by atoms with Gasteiger partial charge in [0.05, 0.1) is 6.04 Å². The Morgan fingerprint density at radius 2 is 2.11 bits per heavy atom. The summed E-state index contributed by atoms with van der Waals surface area (Å²) in [7, 11) is 1.90. The molecule has 1 heterocycles. The molecule has 1 rings (SSSR count). The molecular formula is C13H24N2O3. The predicted molar refractivity (Wildman–Crippen MR) is 69.4 cm³/mol. The van der Waals surface area contributed by atoms with Crippen molar-refractivity contribution in [3.8, 4) is 0 Å². The van der Waals surface area contributed by atoms with Gasteiger partial charge in [0, 0.05) is 25.0 Å². The Balaban J connectivity index is 2.81. The fourth-order valence-electron chi connectivity index (χ4n) is 2.71. The molecule has 0 aromatic heterocycles. The number of piperazine rings is 1. The first kappa shape index (κ1) is 15.0. The maximum absolute atomic E-state index is 12.4. The molecule has 1 atom stereocenters. The molecule has 5 heteroatoms. The molecular weight excluding hydrogens is 232 g/mol. The van der Waals surface area contributed by atoms with E-state index in [2.05, 4.69) is 13.8 Å². The molecule has 0 spiro atoms. The van der Waals surface area contributed by atoms with E-state index in [1.54, 1.807) is 0 Å². The minimum absolute atomic E-state index is 0.0428. The number of carbonyl (C=O) groups excluding carboxylic acids is 1. The standard InChI is InChI=1S/C13H24N2O3/c1-5-8-15-12(18)10(6-7-11(16)17)14(4)9-13(15,2)3/h10H,5-9H2,1-4H3,(H,16,17). The zero-order valence-corrected chi connectivity index (χ0v) is 11.8. The smallest absolute Gasteiger partial charge is 0.303 e. The second-order valence-corrected chi connectivity index (χ2v) is 5.67. The molecule has 5 nitrogen and oxygen atoms in total. The summed E-state index contributed by atoms with van der Waals surface area (Å²) in [6.45, 7) is 7.69. The molecule has 0 aromatic rings. The zero-order chi connectivity index (χ0) is 13.9. The molecule has 0 aromatic carbocycles. The van der Waals surface area contributed by atoms with Crippen LogP contribution in [0.4, 0.5) is 0 Å². The van der Waals surface area contributed by atoms with Crippen molar-refractivity contribution in [2.24, 2.45) is 0 Å². The first-order valence-corrected chi connectivity index (χ1v) is 6.53. The monoisotopic (exact) mass is 256 g/mol. The lowest BCUT2D eigenvalue weighted by atomic mass is 9.93. The van der Waals surface area contributed by atoms with Gasteiger partial charge in [-0.15, -0.1) is 0 Å².